The number of hydrogen-bond donors (Lipinski definition) is 2. The summed E-state index contributed by atoms with van der Waals surface area (Å²) in [6.45, 7) is 2.69. The fourth-order valence-corrected chi connectivity index (χ4v) is 3.01. The van der Waals surface area contributed by atoms with Crippen LogP contribution in [0.4, 0.5) is 0 Å². The normalized spacial score (nSPS) is 18.4. The van der Waals surface area contributed by atoms with E-state index in [-0.39, 0.29) is 30.2 Å². The van der Waals surface area contributed by atoms with Gasteiger partial charge in [0.2, 0.25) is 11.8 Å². The summed E-state index contributed by atoms with van der Waals surface area (Å²) in [5, 5.41) is 6.31. The average Bonchev–Trinajstić information content (AvgIpc) is 3.20. The van der Waals surface area contributed by atoms with Crippen LogP contribution in [0.25, 0.3) is 0 Å². The highest BCUT2D eigenvalue weighted by molar-refractivity contribution is 5.89. The molecule has 25 heavy (non-hydrogen) atoms. The van der Waals surface area contributed by atoms with Gasteiger partial charge in [-0.1, -0.05) is 35.5 Å². The van der Waals surface area contributed by atoms with Gasteiger partial charge in [-0.05, 0) is 12.5 Å². The third-order valence-electron chi connectivity index (χ3n) is 4.42. The summed E-state index contributed by atoms with van der Waals surface area (Å²) < 4.78 is 4.39. The largest absolute Gasteiger partial charge is 0.438 e. The summed E-state index contributed by atoms with van der Waals surface area (Å²) in [7, 11) is 0. The van der Waals surface area contributed by atoms with Crippen molar-refractivity contribution in [2.24, 2.45) is 5.92 Å². The van der Waals surface area contributed by atoms with Gasteiger partial charge in [-0.2, -0.15) is 0 Å². The predicted octanol–water partition coefficient (Wildman–Crippen LogP) is 0.631. The van der Waals surface area contributed by atoms with Crippen LogP contribution in [-0.4, -0.2) is 39.9 Å². The van der Waals surface area contributed by atoms with E-state index in [0.717, 1.165) is 5.56 Å². The van der Waals surface area contributed by atoms with Gasteiger partial charge in [-0.3, -0.25) is 19.1 Å². The highest BCUT2D eigenvalue weighted by atomic mass is 16.5. The van der Waals surface area contributed by atoms with Gasteiger partial charge in [0.1, 0.15) is 0 Å². The maximum absolute atomic E-state index is 12.3. The van der Waals surface area contributed by atoms with Crippen molar-refractivity contribution in [1.29, 1.82) is 0 Å². The molecule has 0 radical (unpaired) electrons. The number of rotatable bonds is 6. The molecular formula is C17H20N4O4. The molecule has 1 aromatic heterocycles. The molecule has 0 bridgehead atoms. The molecule has 2 heterocycles. The second-order valence-electron chi connectivity index (χ2n) is 6.12. The Morgan fingerprint density at radius 3 is 2.84 bits per heavy atom. The third kappa shape index (κ3) is 3.96. The van der Waals surface area contributed by atoms with E-state index in [1.54, 1.807) is 4.90 Å². The Hall–Kier alpha value is -2.90. The second kappa shape index (κ2) is 7.33. The maximum Gasteiger partial charge on any atom is 0.438 e. The van der Waals surface area contributed by atoms with Crippen molar-refractivity contribution in [3.8, 4) is 0 Å². The van der Waals surface area contributed by atoms with Gasteiger partial charge in [0.05, 0.1) is 12.0 Å². The smallest absolute Gasteiger partial charge is 0.355 e. The molecule has 1 fully saturated rings. The Morgan fingerprint density at radius 1 is 1.40 bits per heavy atom. The van der Waals surface area contributed by atoms with E-state index in [1.807, 2.05) is 37.3 Å². The molecule has 2 amide bonds. The number of hydrogen-bond acceptors (Lipinski definition) is 5. The molecule has 1 aliphatic heterocycles. The molecule has 8 nitrogen and oxygen atoms in total. The van der Waals surface area contributed by atoms with Gasteiger partial charge in [0.25, 0.3) is 0 Å². The number of H-pyrrole nitrogens is 1. The van der Waals surface area contributed by atoms with Crippen molar-refractivity contribution in [3.05, 3.63) is 52.3 Å². The van der Waals surface area contributed by atoms with Gasteiger partial charge >= 0.3 is 5.76 Å². The minimum absolute atomic E-state index is 0.0164. The summed E-state index contributed by atoms with van der Waals surface area (Å²) in [5.74, 6) is -0.783. The second-order valence-corrected chi connectivity index (χ2v) is 6.12. The quantitative estimate of drug-likeness (QED) is 0.799. The zero-order valence-corrected chi connectivity index (χ0v) is 13.9. The SMILES string of the molecule is CC(c1ccccc1)N1CC(C(=O)NCCc2noc(=O)[nH]2)CC1=O. The van der Waals surface area contributed by atoms with Crippen molar-refractivity contribution in [3.63, 3.8) is 0 Å². The Labute approximate surface area is 144 Å². The standard InChI is InChI=1S/C17H20N4O4/c1-11(12-5-3-2-4-6-12)21-10-13(9-15(21)22)16(23)18-8-7-14-19-17(24)25-20-14/h2-6,11,13H,7-10H2,1H3,(H,18,23)(H,19,20,24). The molecule has 2 N–H and O–H groups in total. The lowest BCUT2D eigenvalue weighted by Gasteiger charge is -2.25. The minimum Gasteiger partial charge on any atom is -0.355 e. The fourth-order valence-electron chi connectivity index (χ4n) is 3.01. The molecule has 1 aromatic carbocycles. The molecule has 0 aliphatic carbocycles. The molecule has 0 saturated carbocycles. The number of carbonyl (C=O) groups is 2. The Morgan fingerprint density at radius 2 is 2.16 bits per heavy atom. The van der Waals surface area contributed by atoms with Gasteiger partial charge in [-0.15, -0.1) is 0 Å². The number of likely N-dealkylation sites (tertiary alicyclic amines) is 1. The number of aromatic nitrogens is 2. The molecule has 132 valence electrons. The first kappa shape index (κ1) is 16.9. The van der Waals surface area contributed by atoms with E-state index in [9.17, 15) is 14.4 Å². The average molecular weight is 344 g/mol. The molecule has 2 atom stereocenters. The highest BCUT2D eigenvalue weighted by Gasteiger charge is 2.36. The highest BCUT2D eigenvalue weighted by Crippen LogP contribution is 2.28. The van der Waals surface area contributed by atoms with Gasteiger partial charge in [-0.25, -0.2) is 4.79 Å². The zero-order valence-electron chi connectivity index (χ0n) is 13.9. The van der Waals surface area contributed by atoms with Gasteiger partial charge in [0, 0.05) is 25.9 Å². The van der Waals surface area contributed by atoms with Crippen molar-refractivity contribution in [2.45, 2.75) is 25.8 Å². The molecule has 0 spiro atoms. The van der Waals surface area contributed by atoms with Crippen LogP contribution in [-0.2, 0) is 16.0 Å². The Bertz CT molecular complexity index is 798. The van der Waals surface area contributed by atoms with Crippen molar-refractivity contribution < 1.29 is 14.1 Å². The van der Waals surface area contributed by atoms with Crippen LogP contribution in [0.1, 0.15) is 30.8 Å². The van der Waals surface area contributed by atoms with Crippen molar-refractivity contribution in [1.82, 2.24) is 20.4 Å². The molecule has 1 aliphatic rings. The van der Waals surface area contributed by atoms with Crippen LogP contribution in [0, 0.1) is 5.92 Å². The van der Waals surface area contributed by atoms with Crippen LogP contribution in [0.5, 0.6) is 0 Å². The Balaban J connectivity index is 1.52. The first-order valence-electron chi connectivity index (χ1n) is 8.21. The number of aromatic amines is 1. The van der Waals surface area contributed by atoms with Gasteiger partial charge in [0.15, 0.2) is 5.82 Å². The predicted molar refractivity (Wildman–Crippen MR) is 88.5 cm³/mol. The number of nitrogens with zero attached hydrogens (tertiary/aromatic N) is 2. The minimum atomic E-state index is -0.617. The van der Waals surface area contributed by atoms with E-state index in [2.05, 4.69) is 20.0 Å². The number of amides is 2. The summed E-state index contributed by atoms with van der Waals surface area (Å²) >= 11 is 0. The first-order chi connectivity index (χ1) is 12.0. The lowest BCUT2D eigenvalue weighted by Crippen LogP contribution is -2.34. The molecule has 1 saturated heterocycles. The van der Waals surface area contributed by atoms with Crippen LogP contribution >= 0.6 is 0 Å². The lowest BCUT2D eigenvalue weighted by atomic mass is 10.1. The van der Waals surface area contributed by atoms with Crippen LogP contribution in [0.2, 0.25) is 0 Å². The summed E-state index contributed by atoms with van der Waals surface area (Å²) in [6, 6.07) is 9.69. The summed E-state index contributed by atoms with van der Waals surface area (Å²) in [4.78, 5) is 39.6. The third-order valence-corrected chi connectivity index (χ3v) is 4.42. The lowest BCUT2D eigenvalue weighted by molar-refractivity contribution is -0.130. The Kier molecular flexibility index (Phi) is 4.97. The van der Waals surface area contributed by atoms with Crippen LogP contribution < -0.4 is 11.1 Å². The summed E-state index contributed by atoms with van der Waals surface area (Å²) in [6.07, 6.45) is 0.575. The van der Waals surface area contributed by atoms with E-state index in [0.29, 0.717) is 25.3 Å². The van der Waals surface area contributed by atoms with Crippen LogP contribution in [0.15, 0.2) is 39.6 Å². The summed E-state index contributed by atoms with van der Waals surface area (Å²) in [5.41, 5.74) is 1.05. The van der Waals surface area contributed by atoms with Crippen molar-refractivity contribution in [2.75, 3.05) is 13.1 Å². The molecule has 3 rings (SSSR count). The van der Waals surface area contributed by atoms with Gasteiger partial charge < -0.3 is 10.2 Å². The van der Waals surface area contributed by atoms with E-state index in [4.69, 9.17) is 0 Å². The van der Waals surface area contributed by atoms with Crippen LogP contribution in [0.3, 0.4) is 0 Å². The first-order valence-corrected chi connectivity index (χ1v) is 8.21. The van der Waals surface area contributed by atoms with E-state index < -0.39 is 5.76 Å². The van der Waals surface area contributed by atoms with E-state index >= 15 is 0 Å². The monoisotopic (exact) mass is 344 g/mol. The number of nitrogens with one attached hydrogen (secondary N) is 2. The fraction of sp³-hybridized carbons (Fsp3) is 0.412. The maximum atomic E-state index is 12.3. The van der Waals surface area contributed by atoms with E-state index in [1.165, 1.54) is 0 Å². The molecule has 2 aromatic rings. The molecule has 2 unspecified atom stereocenters. The number of carbonyl (C=O) groups excluding carboxylic acids is 2. The zero-order chi connectivity index (χ0) is 17.8. The topological polar surface area (TPSA) is 108 Å². The van der Waals surface area contributed by atoms with Crippen molar-refractivity contribution >= 4 is 11.8 Å². The molecule has 8 heteroatoms. The molecular weight excluding hydrogens is 324 g/mol. The number of benzene rings is 1.